The number of benzene rings is 2. The van der Waals surface area contributed by atoms with Crippen LogP contribution in [0.1, 0.15) is 35.9 Å². The van der Waals surface area contributed by atoms with E-state index >= 15 is 0 Å². The minimum Gasteiger partial charge on any atom is -0.494 e. The van der Waals surface area contributed by atoms with Crippen LogP contribution in [-0.4, -0.2) is 37.1 Å². The lowest BCUT2D eigenvalue weighted by molar-refractivity contribution is -0.121. The summed E-state index contributed by atoms with van der Waals surface area (Å²) < 4.78 is 9.82. The van der Waals surface area contributed by atoms with Gasteiger partial charge < -0.3 is 10.1 Å². The molecule has 182 valence electrons. The quantitative estimate of drug-likeness (QED) is 0.318. The second-order valence-corrected chi connectivity index (χ2v) is 8.67. The highest BCUT2D eigenvalue weighted by Crippen LogP contribution is 2.21. The van der Waals surface area contributed by atoms with Gasteiger partial charge in [0.05, 0.1) is 18.8 Å². The van der Waals surface area contributed by atoms with Crippen LogP contribution in [0.25, 0.3) is 11.4 Å². The summed E-state index contributed by atoms with van der Waals surface area (Å²) in [4.78, 5) is 12.7. The fourth-order valence-electron chi connectivity index (χ4n) is 4.00. The molecular formula is C26H30N6O2S. The lowest BCUT2D eigenvalue weighted by atomic mass is 10.2. The number of amides is 1. The van der Waals surface area contributed by atoms with Gasteiger partial charge in [-0.05, 0) is 62.8 Å². The van der Waals surface area contributed by atoms with Crippen molar-refractivity contribution in [2.75, 3.05) is 6.61 Å². The predicted molar refractivity (Wildman–Crippen MR) is 138 cm³/mol. The summed E-state index contributed by atoms with van der Waals surface area (Å²) in [7, 11) is 0. The molecule has 35 heavy (non-hydrogen) atoms. The molecule has 2 aromatic carbocycles. The lowest BCUT2D eigenvalue weighted by Gasteiger charge is -2.09. The number of H-pyrrole nitrogens is 1. The molecule has 0 atom stereocenters. The van der Waals surface area contributed by atoms with E-state index in [-0.39, 0.29) is 12.3 Å². The molecule has 0 fully saturated rings. The largest absolute Gasteiger partial charge is 0.494 e. The van der Waals surface area contributed by atoms with Gasteiger partial charge in [-0.2, -0.15) is 10.2 Å². The van der Waals surface area contributed by atoms with Crippen LogP contribution in [0.2, 0.25) is 0 Å². The van der Waals surface area contributed by atoms with Gasteiger partial charge >= 0.3 is 0 Å². The maximum atomic E-state index is 12.7. The van der Waals surface area contributed by atoms with Gasteiger partial charge in [0.1, 0.15) is 5.75 Å². The molecule has 8 nitrogen and oxygen atoms in total. The van der Waals surface area contributed by atoms with Crippen LogP contribution >= 0.6 is 12.2 Å². The van der Waals surface area contributed by atoms with E-state index in [0.29, 0.717) is 36.8 Å². The van der Waals surface area contributed by atoms with Crippen LogP contribution in [0.4, 0.5) is 0 Å². The summed E-state index contributed by atoms with van der Waals surface area (Å²) in [6.07, 6.45) is 0.286. The Morgan fingerprint density at radius 2 is 1.86 bits per heavy atom. The van der Waals surface area contributed by atoms with Crippen molar-refractivity contribution in [1.29, 1.82) is 0 Å². The molecule has 0 radical (unpaired) electrons. The van der Waals surface area contributed by atoms with Gasteiger partial charge in [-0.25, -0.2) is 0 Å². The predicted octanol–water partition coefficient (Wildman–Crippen LogP) is 4.57. The number of carbonyl (C=O) groups is 1. The maximum Gasteiger partial charge on any atom is 0.222 e. The van der Waals surface area contributed by atoms with Gasteiger partial charge in [0.2, 0.25) is 5.91 Å². The Balaban J connectivity index is 1.37. The van der Waals surface area contributed by atoms with Gasteiger partial charge in [0, 0.05) is 36.3 Å². The normalized spacial score (nSPS) is 10.9. The summed E-state index contributed by atoms with van der Waals surface area (Å²) in [5.74, 6) is 1.44. The molecule has 0 unspecified atom stereocenters. The molecular weight excluding hydrogens is 460 g/mol. The zero-order valence-corrected chi connectivity index (χ0v) is 21.1. The van der Waals surface area contributed by atoms with Gasteiger partial charge in [0.15, 0.2) is 10.6 Å². The summed E-state index contributed by atoms with van der Waals surface area (Å²) >= 11 is 5.40. The average Bonchev–Trinajstić information content (AvgIpc) is 3.36. The SMILES string of the molecule is CCOc1ccc(-c2n[nH]c(=S)n2CCC(=O)NCc2c(C)nn(Cc3ccccc3)c2C)cc1. The monoisotopic (exact) mass is 490 g/mol. The Labute approximate surface area is 210 Å². The van der Waals surface area contributed by atoms with E-state index in [2.05, 4.69) is 32.7 Å². The Kier molecular flexibility index (Phi) is 7.77. The Hall–Kier alpha value is -3.72. The van der Waals surface area contributed by atoms with Crippen molar-refractivity contribution >= 4 is 18.1 Å². The van der Waals surface area contributed by atoms with E-state index in [1.807, 2.05) is 72.5 Å². The molecule has 2 heterocycles. The number of ether oxygens (including phenoxy) is 1. The van der Waals surface area contributed by atoms with Crippen LogP contribution in [0, 0.1) is 18.6 Å². The minimum atomic E-state index is -0.0552. The standard InChI is InChI=1S/C26H30N6O2S/c1-4-34-22-12-10-21(11-13-22)25-28-29-26(35)31(25)15-14-24(33)27-16-23-18(2)30-32(19(23)3)17-20-8-6-5-7-9-20/h5-13H,4,14-17H2,1-3H3,(H,27,33)(H,29,35). The van der Waals surface area contributed by atoms with Crippen LogP contribution in [-0.2, 0) is 24.4 Å². The summed E-state index contributed by atoms with van der Waals surface area (Å²) in [5.41, 5.74) is 5.12. The molecule has 9 heteroatoms. The van der Waals surface area contributed by atoms with Crippen LogP contribution in [0.5, 0.6) is 5.75 Å². The van der Waals surface area contributed by atoms with Crippen LogP contribution in [0.3, 0.4) is 0 Å². The second-order valence-electron chi connectivity index (χ2n) is 8.28. The molecule has 0 bridgehead atoms. The highest BCUT2D eigenvalue weighted by molar-refractivity contribution is 7.71. The number of rotatable bonds is 10. The number of aromatic amines is 1. The Morgan fingerprint density at radius 3 is 2.57 bits per heavy atom. The fourth-order valence-corrected chi connectivity index (χ4v) is 4.22. The second kappa shape index (κ2) is 11.1. The zero-order valence-electron chi connectivity index (χ0n) is 20.2. The molecule has 1 amide bonds. The van der Waals surface area contributed by atoms with Crippen molar-refractivity contribution in [2.45, 2.75) is 46.8 Å². The third kappa shape index (κ3) is 5.86. The van der Waals surface area contributed by atoms with Gasteiger partial charge in [-0.3, -0.25) is 19.1 Å². The van der Waals surface area contributed by atoms with Crippen molar-refractivity contribution in [3.8, 4) is 17.1 Å². The third-order valence-electron chi connectivity index (χ3n) is 5.91. The molecule has 4 aromatic rings. The number of aromatic nitrogens is 5. The number of aryl methyl sites for hydroxylation is 1. The van der Waals surface area contributed by atoms with Crippen molar-refractivity contribution < 1.29 is 9.53 Å². The highest BCUT2D eigenvalue weighted by Gasteiger charge is 2.14. The van der Waals surface area contributed by atoms with E-state index in [0.717, 1.165) is 28.3 Å². The van der Waals surface area contributed by atoms with Crippen molar-refractivity contribution in [1.82, 2.24) is 29.9 Å². The number of carbonyl (C=O) groups excluding carboxylic acids is 1. The van der Waals surface area contributed by atoms with Crippen LogP contribution in [0.15, 0.2) is 54.6 Å². The maximum absolute atomic E-state index is 12.7. The first-order valence-electron chi connectivity index (χ1n) is 11.7. The molecule has 0 aliphatic heterocycles. The summed E-state index contributed by atoms with van der Waals surface area (Å²) in [5, 5.41) is 14.9. The van der Waals surface area contributed by atoms with E-state index in [1.165, 1.54) is 5.56 Å². The van der Waals surface area contributed by atoms with Gasteiger partial charge in [-0.1, -0.05) is 30.3 Å². The minimum absolute atomic E-state index is 0.0552. The third-order valence-corrected chi connectivity index (χ3v) is 6.22. The Bertz CT molecular complexity index is 1340. The highest BCUT2D eigenvalue weighted by atomic mass is 32.1. The zero-order chi connectivity index (χ0) is 24.8. The van der Waals surface area contributed by atoms with E-state index in [4.69, 9.17) is 17.0 Å². The topological polar surface area (TPSA) is 89.8 Å². The first-order chi connectivity index (χ1) is 17.0. The van der Waals surface area contributed by atoms with E-state index in [9.17, 15) is 4.79 Å². The first kappa shape index (κ1) is 24.4. The van der Waals surface area contributed by atoms with E-state index < -0.39 is 0 Å². The number of hydrogen-bond acceptors (Lipinski definition) is 5. The smallest absolute Gasteiger partial charge is 0.222 e. The molecule has 0 saturated heterocycles. The van der Waals surface area contributed by atoms with Crippen molar-refractivity contribution in [3.63, 3.8) is 0 Å². The van der Waals surface area contributed by atoms with E-state index in [1.54, 1.807) is 0 Å². The molecule has 4 rings (SSSR count). The summed E-state index contributed by atoms with van der Waals surface area (Å²) in [6.45, 7) is 8.14. The van der Waals surface area contributed by atoms with Crippen LogP contribution < -0.4 is 10.1 Å². The fraction of sp³-hybridized carbons (Fsp3) is 0.308. The number of hydrogen-bond donors (Lipinski definition) is 2. The van der Waals surface area contributed by atoms with Crippen molar-refractivity contribution in [2.24, 2.45) is 0 Å². The Morgan fingerprint density at radius 1 is 1.11 bits per heavy atom. The lowest BCUT2D eigenvalue weighted by Crippen LogP contribution is -2.24. The molecule has 2 N–H and O–H groups in total. The molecule has 0 aliphatic rings. The molecule has 0 aliphatic carbocycles. The number of nitrogens with one attached hydrogen (secondary N) is 2. The average molecular weight is 491 g/mol. The molecule has 0 saturated carbocycles. The molecule has 0 spiro atoms. The number of nitrogens with zero attached hydrogens (tertiary/aromatic N) is 4. The van der Waals surface area contributed by atoms with Crippen molar-refractivity contribution in [3.05, 3.63) is 81.9 Å². The summed E-state index contributed by atoms with van der Waals surface area (Å²) in [6, 6.07) is 17.9. The molecule has 2 aromatic heterocycles. The van der Waals surface area contributed by atoms with Gasteiger partial charge in [0.25, 0.3) is 0 Å². The first-order valence-corrected chi connectivity index (χ1v) is 12.1. The van der Waals surface area contributed by atoms with Gasteiger partial charge in [-0.15, -0.1) is 0 Å².